The summed E-state index contributed by atoms with van der Waals surface area (Å²) in [5.41, 5.74) is 0.406. The minimum atomic E-state index is -0.993. The first-order valence-corrected chi connectivity index (χ1v) is 6.72. The van der Waals surface area contributed by atoms with Crippen LogP contribution in [0.15, 0.2) is 18.2 Å². The van der Waals surface area contributed by atoms with E-state index in [1.807, 2.05) is 6.92 Å². The van der Waals surface area contributed by atoms with Gasteiger partial charge in [-0.25, -0.2) is 4.39 Å². The summed E-state index contributed by atoms with van der Waals surface area (Å²) in [5, 5.41) is 8.87. The van der Waals surface area contributed by atoms with Crippen molar-refractivity contribution in [1.82, 2.24) is 0 Å². The molecule has 1 unspecified atom stereocenters. The van der Waals surface area contributed by atoms with Crippen LogP contribution in [-0.2, 0) is 9.59 Å². The van der Waals surface area contributed by atoms with Crippen LogP contribution in [0.25, 0.3) is 0 Å². The highest BCUT2D eigenvalue weighted by atomic mass is 35.5. The third kappa shape index (κ3) is 4.20. The molecule has 110 valence electrons. The molecule has 1 rings (SSSR count). The van der Waals surface area contributed by atoms with Gasteiger partial charge in [-0.15, -0.1) is 0 Å². The molecule has 0 spiro atoms. The van der Waals surface area contributed by atoms with E-state index in [0.717, 1.165) is 6.07 Å². The highest BCUT2D eigenvalue weighted by Gasteiger charge is 2.22. The summed E-state index contributed by atoms with van der Waals surface area (Å²) in [6.07, 6.45) is 0.938. The first-order valence-electron chi connectivity index (χ1n) is 6.35. The molecule has 0 bridgehead atoms. The normalized spacial score (nSPS) is 12.0. The van der Waals surface area contributed by atoms with Gasteiger partial charge in [0.05, 0.1) is 10.9 Å². The molecule has 1 amide bonds. The quantitative estimate of drug-likeness (QED) is 0.877. The van der Waals surface area contributed by atoms with Crippen LogP contribution in [0, 0.1) is 11.7 Å². The number of benzene rings is 1. The van der Waals surface area contributed by atoms with E-state index in [-0.39, 0.29) is 17.5 Å². The summed E-state index contributed by atoms with van der Waals surface area (Å²) in [5.74, 6) is -2.50. The van der Waals surface area contributed by atoms with Crippen LogP contribution >= 0.6 is 11.6 Å². The number of carbonyl (C=O) groups excluding carboxylic acids is 1. The Morgan fingerprint density at radius 2 is 2.10 bits per heavy atom. The van der Waals surface area contributed by atoms with Crippen molar-refractivity contribution < 1.29 is 19.1 Å². The van der Waals surface area contributed by atoms with Gasteiger partial charge in [-0.3, -0.25) is 9.59 Å². The second kappa shape index (κ2) is 7.24. The molecular formula is C14H17ClFNO3. The zero-order valence-corrected chi connectivity index (χ0v) is 12.2. The topological polar surface area (TPSA) is 57.6 Å². The molecule has 20 heavy (non-hydrogen) atoms. The molecule has 1 aromatic rings. The average molecular weight is 302 g/mol. The van der Waals surface area contributed by atoms with Gasteiger partial charge in [-0.2, -0.15) is 0 Å². The number of hydrogen-bond donors (Lipinski definition) is 1. The van der Waals surface area contributed by atoms with Crippen molar-refractivity contribution in [3.05, 3.63) is 29.0 Å². The molecule has 1 N–H and O–H groups in total. The van der Waals surface area contributed by atoms with Crippen molar-refractivity contribution in [3.63, 3.8) is 0 Å². The average Bonchev–Trinajstić information content (AvgIpc) is 2.39. The number of rotatable bonds is 6. The fraction of sp³-hybridized carbons (Fsp3) is 0.429. The second-order valence-corrected chi connectivity index (χ2v) is 5.00. The molecule has 4 nitrogen and oxygen atoms in total. The van der Waals surface area contributed by atoms with Crippen LogP contribution < -0.4 is 4.90 Å². The van der Waals surface area contributed by atoms with E-state index < -0.39 is 17.7 Å². The Balaban J connectivity index is 3.05. The number of amides is 1. The molecular weight excluding hydrogens is 285 g/mol. The highest BCUT2D eigenvalue weighted by Crippen LogP contribution is 2.24. The van der Waals surface area contributed by atoms with E-state index in [0.29, 0.717) is 18.5 Å². The Morgan fingerprint density at radius 3 is 2.60 bits per heavy atom. The van der Waals surface area contributed by atoms with Gasteiger partial charge in [-0.1, -0.05) is 25.4 Å². The van der Waals surface area contributed by atoms with E-state index in [2.05, 4.69) is 0 Å². The third-order valence-electron chi connectivity index (χ3n) is 2.86. The largest absolute Gasteiger partial charge is 0.481 e. The number of carboxylic acids is 1. The zero-order valence-electron chi connectivity index (χ0n) is 11.4. The molecule has 0 aliphatic carbocycles. The van der Waals surface area contributed by atoms with Crippen molar-refractivity contribution >= 4 is 29.2 Å². The third-order valence-corrected chi connectivity index (χ3v) is 3.15. The molecule has 0 aliphatic rings. The second-order valence-electron chi connectivity index (χ2n) is 4.59. The van der Waals surface area contributed by atoms with Crippen LogP contribution in [0.5, 0.6) is 0 Å². The Hall–Kier alpha value is -1.62. The van der Waals surface area contributed by atoms with Gasteiger partial charge < -0.3 is 10.0 Å². The minimum Gasteiger partial charge on any atom is -0.481 e. The first kappa shape index (κ1) is 16.4. The SMILES string of the molecule is CCCC(=O)N(CC(C)C(=O)O)c1ccc(F)c(Cl)c1. The Morgan fingerprint density at radius 1 is 1.45 bits per heavy atom. The summed E-state index contributed by atoms with van der Waals surface area (Å²) in [6, 6.07) is 3.91. The number of hydrogen-bond acceptors (Lipinski definition) is 2. The predicted octanol–water partition coefficient (Wildman–Crippen LogP) is 3.33. The van der Waals surface area contributed by atoms with Gasteiger partial charge in [0, 0.05) is 18.7 Å². The van der Waals surface area contributed by atoms with Crippen LogP contribution in [0.1, 0.15) is 26.7 Å². The van der Waals surface area contributed by atoms with E-state index in [1.54, 1.807) is 0 Å². The summed E-state index contributed by atoms with van der Waals surface area (Å²) < 4.78 is 13.2. The predicted molar refractivity (Wildman–Crippen MR) is 75.5 cm³/mol. The highest BCUT2D eigenvalue weighted by molar-refractivity contribution is 6.31. The molecule has 0 heterocycles. The minimum absolute atomic E-state index is 0.0239. The summed E-state index contributed by atoms with van der Waals surface area (Å²) in [4.78, 5) is 24.4. The molecule has 0 fully saturated rings. The van der Waals surface area contributed by atoms with Gasteiger partial charge >= 0.3 is 5.97 Å². The van der Waals surface area contributed by atoms with Crippen LogP contribution in [-0.4, -0.2) is 23.5 Å². The number of halogens is 2. The molecule has 6 heteroatoms. The lowest BCUT2D eigenvalue weighted by Crippen LogP contribution is -2.36. The summed E-state index contributed by atoms with van der Waals surface area (Å²) in [7, 11) is 0. The van der Waals surface area contributed by atoms with E-state index in [1.165, 1.54) is 24.0 Å². The zero-order chi connectivity index (χ0) is 15.3. The number of nitrogens with zero attached hydrogens (tertiary/aromatic N) is 1. The Kier molecular flexibility index (Phi) is 5.95. The molecule has 0 saturated carbocycles. The lowest BCUT2D eigenvalue weighted by atomic mass is 10.1. The monoisotopic (exact) mass is 301 g/mol. The maximum Gasteiger partial charge on any atom is 0.308 e. The fourth-order valence-electron chi connectivity index (χ4n) is 1.70. The fourth-order valence-corrected chi connectivity index (χ4v) is 1.88. The first-order chi connectivity index (χ1) is 9.36. The van der Waals surface area contributed by atoms with Crippen molar-refractivity contribution in [3.8, 4) is 0 Å². The summed E-state index contributed by atoms with van der Waals surface area (Å²) >= 11 is 5.71. The van der Waals surface area contributed by atoms with Crippen LogP contribution in [0.3, 0.4) is 0 Å². The molecule has 0 saturated heterocycles. The van der Waals surface area contributed by atoms with Crippen molar-refractivity contribution in [2.24, 2.45) is 5.92 Å². The van der Waals surface area contributed by atoms with Gasteiger partial charge in [0.15, 0.2) is 0 Å². The Bertz CT molecular complexity index is 507. The Labute approximate surface area is 122 Å². The van der Waals surface area contributed by atoms with Crippen molar-refractivity contribution in [2.45, 2.75) is 26.7 Å². The van der Waals surface area contributed by atoms with Crippen LogP contribution in [0.4, 0.5) is 10.1 Å². The number of anilines is 1. The van der Waals surface area contributed by atoms with Crippen molar-refractivity contribution in [1.29, 1.82) is 0 Å². The molecule has 0 aromatic heterocycles. The van der Waals surface area contributed by atoms with E-state index >= 15 is 0 Å². The molecule has 0 radical (unpaired) electrons. The number of carboxylic acid groups (broad SMARTS) is 1. The molecule has 0 aliphatic heterocycles. The van der Waals surface area contributed by atoms with Gasteiger partial charge in [0.25, 0.3) is 0 Å². The van der Waals surface area contributed by atoms with Gasteiger partial charge in [0.1, 0.15) is 5.82 Å². The van der Waals surface area contributed by atoms with E-state index in [4.69, 9.17) is 16.7 Å². The molecule has 1 atom stereocenters. The van der Waals surface area contributed by atoms with Gasteiger partial charge in [0.2, 0.25) is 5.91 Å². The lowest BCUT2D eigenvalue weighted by molar-refractivity contribution is -0.140. The van der Waals surface area contributed by atoms with Gasteiger partial charge in [-0.05, 0) is 24.6 Å². The molecule has 1 aromatic carbocycles. The standard InChI is InChI=1S/C14H17ClFNO3/c1-3-4-13(18)17(8-9(2)14(19)20)10-5-6-12(16)11(15)7-10/h5-7,9H,3-4,8H2,1-2H3,(H,19,20). The lowest BCUT2D eigenvalue weighted by Gasteiger charge is -2.25. The number of aliphatic carboxylic acids is 1. The number of carbonyl (C=O) groups is 2. The summed E-state index contributed by atoms with van der Waals surface area (Å²) in [6.45, 7) is 3.39. The van der Waals surface area contributed by atoms with E-state index in [9.17, 15) is 14.0 Å². The van der Waals surface area contributed by atoms with Crippen LogP contribution in [0.2, 0.25) is 5.02 Å². The van der Waals surface area contributed by atoms with Crippen molar-refractivity contribution in [2.75, 3.05) is 11.4 Å². The smallest absolute Gasteiger partial charge is 0.308 e. The maximum atomic E-state index is 13.2. The maximum absolute atomic E-state index is 13.2.